The normalized spacial score (nSPS) is 11.6. The average molecular weight is 659 g/mol. The molecule has 10 aromatic rings. The van der Waals surface area contributed by atoms with Gasteiger partial charge in [-0.1, -0.05) is 127 Å². The highest BCUT2D eigenvalue weighted by atomic mass is 32.1. The monoisotopic (exact) mass is 658 g/mol. The number of hydrogen-bond acceptors (Lipinski definition) is 6. The number of furan rings is 1. The first-order valence-electron chi connectivity index (χ1n) is 16.5. The molecule has 10 rings (SSSR count). The highest BCUT2D eigenvalue weighted by Crippen LogP contribution is 2.43. The molecule has 50 heavy (non-hydrogen) atoms. The van der Waals surface area contributed by atoms with Crippen molar-refractivity contribution >= 4 is 54.3 Å². The number of nitrogens with zero attached hydrogens (tertiary/aromatic N) is 4. The van der Waals surface area contributed by atoms with Crippen LogP contribution in [0.2, 0.25) is 0 Å². The summed E-state index contributed by atoms with van der Waals surface area (Å²) in [6.45, 7) is 0. The second kappa shape index (κ2) is 11.6. The van der Waals surface area contributed by atoms with Crippen LogP contribution < -0.4 is 0 Å². The molecule has 0 saturated heterocycles. The van der Waals surface area contributed by atoms with Gasteiger partial charge >= 0.3 is 0 Å². The van der Waals surface area contributed by atoms with Crippen LogP contribution in [0.25, 0.3) is 98.8 Å². The lowest BCUT2D eigenvalue weighted by molar-refractivity contribution is 0.669. The van der Waals surface area contributed by atoms with Gasteiger partial charge in [0.2, 0.25) is 0 Å². The van der Waals surface area contributed by atoms with Gasteiger partial charge in [-0.25, -0.2) is 19.9 Å². The summed E-state index contributed by atoms with van der Waals surface area (Å²) in [5.41, 5.74) is 8.71. The van der Waals surface area contributed by atoms with E-state index in [1.54, 1.807) is 11.3 Å². The molecule has 0 aliphatic carbocycles. The molecule has 0 radical (unpaired) electrons. The molecule has 0 unspecified atom stereocenters. The SMILES string of the molecule is c1ccc(-c2nc(-c3ccccc3)nc(-c3cc(-c4cccc5oc6cc7sc(-c8ccccc8)nc7cc6c45)c4ccccc4c3)n2)cc1. The molecule has 0 bridgehead atoms. The predicted molar refractivity (Wildman–Crippen MR) is 205 cm³/mol. The molecular formula is C44H26N4OS. The van der Waals surface area contributed by atoms with Gasteiger partial charge in [-0.05, 0) is 46.2 Å². The molecule has 0 saturated carbocycles. The number of thiazole rings is 1. The summed E-state index contributed by atoms with van der Waals surface area (Å²) in [5, 5.41) is 5.34. The van der Waals surface area contributed by atoms with Gasteiger partial charge in [0.25, 0.3) is 0 Å². The van der Waals surface area contributed by atoms with Gasteiger partial charge in [0.05, 0.1) is 10.2 Å². The van der Waals surface area contributed by atoms with E-state index in [1.807, 2.05) is 84.9 Å². The molecule has 0 spiro atoms. The van der Waals surface area contributed by atoms with Gasteiger partial charge < -0.3 is 4.42 Å². The summed E-state index contributed by atoms with van der Waals surface area (Å²) < 4.78 is 7.64. The Balaban J connectivity index is 1.20. The highest BCUT2D eigenvalue weighted by molar-refractivity contribution is 7.21. The summed E-state index contributed by atoms with van der Waals surface area (Å²) in [6, 6.07) is 54.0. The van der Waals surface area contributed by atoms with Gasteiger partial charge in [-0.15, -0.1) is 11.3 Å². The quantitative estimate of drug-likeness (QED) is 0.184. The number of rotatable bonds is 5. The van der Waals surface area contributed by atoms with Gasteiger partial charge in [0.15, 0.2) is 17.5 Å². The van der Waals surface area contributed by atoms with E-state index in [2.05, 4.69) is 72.8 Å². The largest absolute Gasteiger partial charge is 0.456 e. The van der Waals surface area contributed by atoms with E-state index in [1.165, 1.54) is 0 Å². The lowest BCUT2D eigenvalue weighted by atomic mass is 9.92. The van der Waals surface area contributed by atoms with Crippen LogP contribution in [0.1, 0.15) is 0 Å². The van der Waals surface area contributed by atoms with Crippen molar-refractivity contribution in [2.45, 2.75) is 0 Å². The van der Waals surface area contributed by atoms with Crippen molar-refractivity contribution in [3.8, 4) is 55.9 Å². The lowest BCUT2D eigenvalue weighted by Gasteiger charge is -2.13. The maximum absolute atomic E-state index is 6.54. The maximum atomic E-state index is 6.54. The Labute approximate surface area is 291 Å². The minimum absolute atomic E-state index is 0.617. The van der Waals surface area contributed by atoms with Crippen molar-refractivity contribution in [2.75, 3.05) is 0 Å². The first-order chi connectivity index (χ1) is 24.7. The molecule has 5 nitrogen and oxygen atoms in total. The van der Waals surface area contributed by atoms with E-state index in [4.69, 9.17) is 24.4 Å². The fourth-order valence-electron chi connectivity index (χ4n) is 6.78. The zero-order valence-electron chi connectivity index (χ0n) is 26.6. The number of aromatic nitrogens is 4. The van der Waals surface area contributed by atoms with Crippen LogP contribution in [0.5, 0.6) is 0 Å². The molecule has 0 amide bonds. The van der Waals surface area contributed by atoms with Crippen molar-refractivity contribution in [3.05, 3.63) is 158 Å². The lowest BCUT2D eigenvalue weighted by Crippen LogP contribution is -2.00. The minimum atomic E-state index is 0.617. The van der Waals surface area contributed by atoms with Crippen molar-refractivity contribution in [1.29, 1.82) is 0 Å². The minimum Gasteiger partial charge on any atom is -0.456 e. The van der Waals surface area contributed by atoms with Crippen molar-refractivity contribution in [2.24, 2.45) is 0 Å². The van der Waals surface area contributed by atoms with E-state index < -0.39 is 0 Å². The van der Waals surface area contributed by atoms with Crippen LogP contribution in [-0.2, 0) is 0 Å². The Kier molecular flexibility index (Phi) is 6.60. The molecule has 0 aliphatic rings. The van der Waals surface area contributed by atoms with Crippen LogP contribution in [0.4, 0.5) is 0 Å². The summed E-state index contributed by atoms with van der Waals surface area (Å²) in [6.07, 6.45) is 0. The summed E-state index contributed by atoms with van der Waals surface area (Å²) in [7, 11) is 0. The Hall–Kier alpha value is -6.50. The standard InChI is InChI=1S/C44H26N4OS/c1-4-13-27(14-5-1)41-46-42(28-15-6-2-7-16-28)48-43(47-41)31-23-30-19-10-11-20-32(30)34(24-31)33-21-12-22-37-40(33)35-25-36-39(26-38(35)49-37)50-44(45-36)29-17-8-3-9-18-29/h1-26H. The van der Waals surface area contributed by atoms with Gasteiger partial charge in [0.1, 0.15) is 16.2 Å². The molecular weight excluding hydrogens is 633 g/mol. The first kappa shape index (κ1) is 28.5. The zero-order valence-corrected chi connectivity index (χ0v) is 27.4. The summed E-state index contributed by atoms with van der Waals surface area (Å²) >= 11 is 1.69. The van der Waals surface area contributed by atoms with E-state index in [-0.39, 0.29) is 0 Å². The first-order valence-corrected chi connectivity index (χ1v) is 17.3. The Bertz CT molecular complexity index is 2810. The fraction of sp³-hybridized carbons (Fsp3) is 0. The predicted octanol–water partition coefficient (Wildman–Crippen LogP) is 11.9. The van der Waals surface area contributed by atoms with Gasteiger partial charge in [-0.3, -0.25) is 0 Å². The summed E-state index contributed by atoms with van der Waals surface area (Å²) in [4.78, 5) is 20.1. The van der Waals surface area contributed by atoms with Crippen molar-refractivity contribution < 1.29 is 4.42 Å². The highest BCUT2D eigenvalue weighted by Gasteiger charge is 2.19. The van der Waals surface area contributed by atoms with Gasteiger partial charge in [-0.2, -0.15) is 0 Å². The molecule has 0 fully saturated rings. The van der Waals surface area contributed by atoms with E-state index in [9.17, 15) is 0 Å². The van der Waals surface area contributed by atoms with Crippen molar-refractivity contribution in [3.63, 3.8) is 0 Å². The number of hydrogen-bond donors (Lipinski definition) is 0. The maximum Gasteiger partial charge on any atom is 0.164 e. The van der Waals surface area contributed by atoms with Crippen LogP contribution in [0.3, 0.4) is 0 Å². The van der Waals surface area contributed by atoms with Crippen molar-refractivity contribution in [1.82, 2.24) is 19.9 Å². The molecule has 7 aromatic carbocycles. The van der Waals surface area contributed by atoms with Crippen LogP contribution >= 0.6 is 11.3 Å². The summed E-state index contributed by atoms with van der Waals surface area (Å²) in [5.74, 6) is 1.88. The Morgan fingerprint density at radius 3 is 1.74 bits per heavy atom. The Morgan fingerprint density at radius 1 is 0.420 bits per heavy atom. The Morgan fingerprint density at radius 2 is 1.04 bits per heavy atom. The third kappa shape index (κ3) is 4.85. The van der Waals surface area contributed by atoms with E-state index >= 15 is 0 Å². The second-order valence-electron chi connectivity index (χ2n) is 12.3. The van der Waals surface area contributed by atoms with Crippen LogP contribution in [0.15, 0.2) is 162 Å². The second-order valence-corrected chi connectivity index (χ2v) is 13.3. The molecule has 0 atom stereocenters. The van der Waals surface area contributed by atoms with Gasteiger partial charge in [0, 0.05) is 39.1 Å². The van der Waals surface area contributed by atoms with Crippen LogP contribution in [-0.4, -0.2) is 19.9 Å². The molecule has 3 heterocycles. The molecule has 3 aromatic heterocycles. The molecule has 0 N–H and O–H groups in total. The number of fused-ring (bicyclic) bond motifs is 5. The third-order valence-corrected chi connectivity index (χ3v) is 10.2. The fourth-order valence-corrected chi connectivity index (χ4v) is 7.76. The van der Waals surface area contributed by atoms with E-state index in [0.29, 0.717) is 17.5 Å². The van der Waals surface area contributed by atoms with Crippen LogP contribution in [0, 0.1) is 0 Å². The molecule has 0 aliphatic heterocycles. The smallest absolute Gasteiger partial charge is 0.164 e. The average Bonchev–Trinajstić information content (AvgIpc) is 3.78. The molecule has 234 valence electrons. The zero-order chi connectivity index (χ0) is 33.0. The van der Waals surface area contributed by atoms with E-state index in [0.717, 1.165) is 81.3 Å². The topological polar surface area (TPSA) is 64.7 Å². The number of benzene rings is 7. The molecule has 6 heteroatoms. The third-order valence-electron chi connectivity index (χ3n) is 9.14.